The summed E-state index contributed by atoms with van der Waals surface area (Å²) in [6.45, 7) is -0.250. The molecule has 114 valence electrons. The molecule has 19 heavy (non-hydrogen) atoms. The van der Waals surface area contributed by atoms with Crippen molar-refractivity contribution in [2.45, 2.75) is 18.4 Å². The first-order chi connectivity index (χ1) is 7.19. The van der Waals surface area contributed by atoms with Gasteiger partial charge in [0.2, 0.25) is 0 Å². The molecule has 0 rings (SSSR count). The van der Waals surface area contributed by atoms with Gasteiger partial charge in [0.25, 0.3) is 6.47 Å². The Balaban J connectivity index is -0.0000000992. The summed E-state index contributed by atoms with van der Waals surface area (Å²) >= 11 is 0. The maximum absolute atomic E-state index is 10.3. The summed E-state index contributed by atoms with van der Waals surface area (Å²) < 4.78 is 0. The molecule has 0 saturated carbocycles. The van der Waals surface area contributed by atoms with Crippen molar-refractivity contribution in [2.24, 2.45) is 0 Å². The van der Waals surface area contributed by atoms with Crippen LogP contribution in [0.1, 0.15) is 12.8 Å². The molecule has 0 unspecified atom stereocenters. The van der Waals surface area contributed by atoms with E-state index >= 15 is 0 Å². The molecule has 0 bridgehead atoms. The zero-order valence-corrected chi connectivity index (χ0v) is 11.7. The number of carbonyl (C=O) groups is 4. The second-order valence-electron chi connectivity index (χ2n) is 2.58. The monoisotopic (exact) mass is 363 g/mol. The first-order valence-electron chi connectivity index (χ1n) is 3.66. The van der Waals surface area contributed by atoms with Gasteiger partial charge in [-0.25, -0.2) is 4.79 Å². The van der Waals surface area contributed by atoms with Crippen molar-refractivity contribution in [1.82, 2.24) is 6.15 Å². The predicted molar refractivity (Wildman–Crippen MR) is 50.8 cm³/mol. The van der Waals surface area contributed by atoms with E-state index in [0.29, 0.717) is 0 Å². The third-order valence-corrected chi connectivity index (χ3v) is 1.29. The summed E-state index contributed by atoms with van der Waals surface area (Å²) in [6.07, 6.45) is -2.29. The fourth-order valence-corrected chi connectivity index (χ4v) is 0.714. The van der Waals surface area contributed by atoms with Gasteiger partial charge in [0.05, 0.1) is 12.8 Å². The first-order valence-corrected chi connectivity index (χ1v) is 3.66. The Morgan fingerprint density at radius 2 is 1.21 bits per heavy atom. The van der Waals surface area contributed by atoms with Gasteiger partial charge in [-0.1, -0.05) is 0 Å². The molecule has 0 aliphatic heterocycles. The number of hydrogen-bond acceptors (Lipinski definition) is 6. The Morgan fingerprint density at radius 3 is 1.32 bits per heavy atom. The molecule has 0 aliphatic rings. The average molecular weight is 363 g/mol. The maximum Gasteiger partial charge on any atom is 0.336 e. The molecule has 0 aromatic heterocycles. The predicted octanol–water partition coefficient (Wildman–Crippen LogP) is -1.39. The summed E-state index contributed by atoms with van der Waals surface area (Å²) in [4.78, 5) is 38.8. The standard InChI is InChI=1S/C6H8O7.CH2O2.Cr.Fe.H3N/c7-3(8)1-6(13,5(11)12)2-4(9)10;2-1-3;;;/h13H,1-2H2,(H,7,8)(H,9,10)(H,11,12);1H,(H,2,3);;;1H3. The van der Waals surface area contributed by atoms with Crippen LogP contribution in [-0.4, -0.2) is 55.5 Å². The Bertz CT molecular complexity index is 282. The zero-order valence-electron chi connectivity index (χ0n) is 9.33. The molecule has 0 aliphatic carbocycles. The Morgan fingerprint density at radius 1 is 1.00 bits per heavy atom. The summed E-state index contributed by atoms with van der Waals surface area (Å²) in [5.41, 5.74) is -2.74. The van der Waals surface area contributed by atoms with E-state index in [4.69, 9.17) is 30.3 Å². The third kappa shape index (κ3) is 16.9. The van der Waals surface area contributed by atoms with Crippen molar-refractivity contribution < 1.29 is 79.1 Å². The van der Waals surface area contributed by atoms with Crippen LogP contribution in [0.3, 0.4) is 0 Å². The van der Waals surface area contributed by atoms with E-state index < -0.39 is 36.4 Å². The summed E-state index contributed by atoms with van der Waals surface area (Å²) in [5, 5.41) is 40.7. The molecule has 10 nitrogen and oxygen atoms in total. The van der Waals surface area contributed by atoms with E-state index in [9.17, 15) is 14.4 Å². The van der Waals surface area contributed by atoms with Gasteiger partial charge in [-0.2, -0.15) is 0 Å². The van der Waals surface area contributed by atoms with Crippen LogP contribution in [0, 0.1) is 0 Å². The minimum Gasteiger partial charge on any atom is -0.483 e. The van der Waals surface area contributed by atoms with Crippen LogP contribution in [0.15, 0.2) is 0 Å². The molecule has 0 radical (unpaired) electrons. The second kappa shape index (κ2) is 14.9. The van der Waals surface area contributed by atoms with E-state index in [2.05, 4.69) is 0 Å². The number of rotatable bonds is 5. The van der Waals surface area contributed by atoms with Crippen LogP contribution in [-0.2, 0) is 53.6 Å². The second-order valence-corrected chi connectivity index (χ2v) is 2.58. The normalized spacial score (nSPS) is 8.05. The third-order valence-electron chi connectivity index (χ3n) is 1.29. The Hall–Kier alpha value is -1.15. The molecule has 8 N–H and O–H groups in total. The molecule has 0 atom stereocenters. The summed E-state index contributed by atoms with van der Waals surface area (Å²) in [5.74, 6) is -5.02. The van der Waals surface area contributed by atoms with Gasteiger partial charge in [-0.15, -0.1) is 0 Å². The SMILES string of the molecule is N.O=C(O)CC(O)(CC(=O)O)C(=O)O.O=CO.[Cr].[Fe]. The summed E-state index contributed by atoms with van der Waals surface area (Å²) in [6, 6.07) is 0. The van der Waals surface area contributed by atoms with Gasteiger partial charge in [0.1, 0.15) is 0 Å². The molecule has 0 aromatic carbocycles. The van der Waals surface area contributed by atoms with Gasteiger partial charge in [-0.3, -0.25) is 14.4 Å². The maximum atomic E-state index is 10.3. The Kier molecular flexibility index (Phi) is 24.1. The molecule has 0 fully saturated rings. The fourth-order valence-electron chi connectivity index (χ4n) is 0.714. The van der Waals surface area contributed by atoms with Crippen molar-refractivity contribution in [3.8, 4) is 0 Å². The molecule has 0 amide bonds. The van der Waals surface area contributed by atoms with Crippen LogP contribution < -0.4 is 6.15 Å². The largest absolute Gasteiger partial charge is 0.483 e. The van der Waals surface area contributed by atoms with Crippen molar-refractivity contribution in [3.05, 3.63) is 0 Å². The number of aliphatic carboxylic acids is 3. The van der Waals surface area contributed by atoms with E-state index in [1.165, 1.54) is 0 Å². The van der Waals surface area contributed by atoms with Gasteiger partial charge < -0.3 is 31.7 Å². The molecular weight excluding hydrogens is 350 g/mol. The topological polar surface area (TPSA) is 204 Å². The van der Waals surface area contributed by atoms with E-state index in [1.807, 2.05) is 0 Å². The molecule has 0 saturated heterocycles. The molecule has 12 heteroatoms. The molecule has 0 spiro atoms. The molecule has 0 aromatic rings. The van der Waals surface area contributed by atoms with Gasteiger partial charge in [-0.05, 0) is 0 Å². The van der Waals surface area contributed by atoms with Crippen molar-refractivity contribution >= 4 is 24.4 Å². The number of aliphatic hydroxyl groups is 1. The Labute approximate surface area is 128 Å². The van der Waals surface area contributed by atoms with Crippen molar-refractivity contribution in [1.29, 1.82) is 0 Å². The van der Waals surface area contributed by atoms with Gasteiger partial charge in [0, 0.05) is 34.4 Å². The van der Waals surface area contributed by atoms with Gasteiger partial charge >= 0.3 is 17.9 Å². The van der Waals surface area contributed by atoms with E-state index in [0.717, 1.165) is 0 Å². The van der Waals surface area contributed by atoms with Crippen LogP contribution in [0.25, 0.3) is 0 Å². The molecular formula is C7H13CrFeNO9. The summed E-state index contributed by atoms with van der Waals surface area (Å²) in [7, 11) is 0. The van der Waals surface area contributed by atoms with Crippen molar-refractivity contribution in [3.63, 3.8) is 0 Å². The average Bonchev–Trinajstić information content (AvgIpc) is 2.01. The van der Waals surface area contributed by atoms with E-state index in [1.54, 1.807) is 0 Å². The number of carboxylic acids is 3. The minimum atomic E-state index is -2.74. The number of hydrogen-bond donors (Lipinski definition) is 6. The quantitative estimate of drug-likeness (QED) is 0.249. The number of carboxylic acid groups (broad SMARTS) is 4. The fraction of sp³-hybridized carbons (Fsp3) is 0.429. The first kappa shape index (κ1) is 30.7. The smallest absolute Gasteiger partial charge is 0.336 e. The van der Waals surface area contributed by atoms with E-state index in [-0.39, 0.29) is 47.1 Å². The van der Waals surface area contributed by atoms with Gasteiger partial charge in [0.15, 0.2) is 5.60 Å². The molecule has 0 heterocycles. The van der Waals surface area contributed by atoms with Crippen LogP contribution in [0.2, 0.25) is 0 Å². The van der Waals surface area contributed by atoms with Crippen LogP contribution in [0.5, 0.6) is 0 Å². The van der Waals surface area contributed by atoms with Crippen molar-refractivity contribution in [2.75, 3.05) is 0 Å². The van der Waals surface area contributed by atoms with Crippen LogP contribution in [0.4, 0.5) is 0 Å². The van der Waals surface area contributed by atoms with Crippen LogP contribution >= 0.6 is 0 Å². The zero-order chi connectivity index (χ0) is 13.4. The minimum absolute atomic E-state index is 0.